The molecule has 2 fully saturated rings. The van der Waals surface area contributed by atoms with Crippen LogP contribution in [0.25, 0.3) is 0 Å². The fraction of sp³-hybridized carbons (Fsp3) is 0.846. The topological polar surface area (TPSA) is 70.1 Å². The van der Waals surface area contributed by atoms with Gasteiger partial charge in [0.05, 0.1) is 26.3 Å². The normalized spacial score (nSPS) is 21.0. The summed E-state index contributed by atoms with van der Waals surface area (Å²) in [4.78, 5) is 26.7. The molecule has 0 unspecified atom stereocenters. The van der Waals surface area contributed by atoms with E-state index in [0.717, 1.165) is 25.7 Å². The first-order chi connectivity index (χ1) is 9.16. The van der Waals surface area contributed by atoms with Crippen LogP contribution < -0.4 is 0 Å². The fourth-order valence-corrected chi connectivity index (χ4v) is 2.84. The third-order valence-electron chi connectivity index (χ3n) is 3.88. The minimum atomic E-state index is -0.860. The van der Waals surface area contributed by atoms with E-state index >= 15 is 0 Å². The zero-order chi connectivity index (χ0) is 13.7. The molecule has 6 heteroatoms. The first-order valence-electron chi connectivity index (χ1n) is 6.98. The van der Waals surface area contributed by atoms with E-state index in [0.29, 0.717) is 26.3 Å². The van der Waals surface area contributed by atoms with Gasteiger partial charge in [0.2, 0.25) is 5.91 Å². The van der Waals surface area contributed by atoms with Gasteiger partial charge < -0.3 is 14.7 Å². The van der Waals surface area contributed by atoms with Gasteiger partial charge in [-0.15, -0.1) is 0 Å². The van der Waals surface area contributed by atoms with Crippen molar-refractivity contribution in [3.63, 3.8) is 0 Å². The molecule has 1 saturated heterocycles. The molecule has 1 heterocycles. The second kappa shape index (κ2) is 6.86. The molecule has 1 aliphatic heterocycles. The third-order valence-corrected chi connectivity index (χ3v) is 3.88. The van der Waals surface area contributed by atoms with E-state index in [2.05, 4.69) is 0 Å². The van der Waals surface area contributed by atoms with Crippen molar-refractivity contribution in [2.75, 3.05) is 39.4 Å². The van der Waals surface area contributed by atoms with Crippen molar-refractivity contribution in [1.29, 1.82) is 0 Å². The zero-order valence-electron chi connectivity index (χ0n) is 11.2. The molecule has 0 aromatic carbocycles. The number of carbonyl (C=O) groups is 2. The monoisotopic (exact) mass is 270 g/mol. The van der Waals surface area contributed by atoms with Crippen LogP contribution in [0, 0.1) is 0 Å². The summed E-state index contributed by atoms with van der Waals surface area (Å²) < 4.78 is 5.22. The van der Waals surface area contributed by atoms with Crippen molar-refractivity contribution in [2.45, 2.75) is 31.7 Å². The lowest BCUT2D eigenvalue weighted by Crippen LogP contribution is -2.48. The van der Waals surface area contributed by atoms with Crippen LogP contribution in [-0.4, -0.2) is 72.2 Å². The standard InChI is InChI=1S/C13H22N2O4/c16-12(14-5-7-19-8-6-14)9-15(10-13(17)18)11-3-1-2-4-11/h11H,1-10H2,(H,17,18). The predicted octanol–water partition coefficient (Wildman–Crippen LogP) is 0.174. The van der Waals surface area contributed by atoms with Crippen molar-refractivity contribution in [1.82, 2.24) is 9.80 Å². The number of hydrogen-bond donors (Lipinski definition) is 1. The van der Waals surface area contributed by atoms with Crippen LogP contribution in [0.1, 0.15) is 25.7 Å². The number of carboxylic acids is 1. The van der Waals surface area contributed by atoms with Gasteiger partial charge in [0, 0.05) is 19.1 Å². The van der Waals surface area contributed by atoms with Gasteiger partial charge in [-0.05, 0) is 12.8 Å². The largest absolute Gasteiger partial charge is 0.480 e. The summed E-state index contributed by atoms with van der Waals surface area (Å²) >= 11 is 0. The molecule has 6 nitrogen and oxygen atoms in total. The zero-order valence-corrected chi connectivity index (χ0v) is 11.2. The van der Waals surface area contributed by atoms with Crippen molar-refractivity contribution in [3.8, 4) is 0 Å². The van der Waals surface area contributed by atoms with Crippen LogP contribution in [0.5, 0.6) is 0 Å². The van der Waals surface area contributed by atoms with Gasteiger partial charge in [0.25, 0.3) is 0 Å². The number of amides is 1. The second-order valence-corrected chi connectivity index (χ2v) is 5.23. The molecule has 1 amide bonds. The minimum Gasteiger partial charge on any atom is -0.480 e. The summed E-state index contributed by atoms with van der Waals surface area (Å²) in [5.41, 5.74) is 0. The molecule has 0 aromatic heterocycles. The highest BCUT2D eigenvalue weighted by Crippen LogP contribution is 2.23. The number of rotatable bonds is 5. The number of morpholine rings is 1. The molecular weight excluding hydrogens is 248 g/mol. The number of carbonyl (C=O) groups excluding carboxylic acids is 1. The Balaban J connectivity index is 1.90. The van der Waals surface area contributed by atoms with Gasteiger partial charge in [-0.1, -0.05) is 12.8 Å². The van der Waals surface area contributed by atoms with Gasteiger partial charge in [-0.2, -0.15) is 0 Å². The fourth-order valence-electron chi connectivity index (χ4n) is 2.84. The SMILES string of the molecule is O=C(O)CN(CC(=O)N1CCOCC1)C1CCCC1. The van der Waals surface area contributed by atoms with Gasteiger partial charge in [0.1, 0.15) is 0 Å². The van der Waals surface area contributed by atoms with Crippen LogP contribution in [0.15, 0.2) is 0 Å². The maximum atomic E-state index is 12.2. The Labute approximate surface area is 113 Å². The molecule has 0 spiro atoms. The molecule has 0 atom stereocenters. The Bertz CT molecular complexity index is 323. The summed E-state index contributed by atoms with van der Waals surface area (Å²) in [6.45, 7) is 2.56. The highest BCUT2D eigenvalue weighted by atomic mass is 16.5. The molecule has 19 heavy (non-hydrogen) atoms. The van der Waals surface area contributed by atoms with E-state index in [1.54, 1.807) is 4.90 Å². The van der Waals surface area contributed by atoms with Crippen molar-refractivity contribution in [2.24, 2.45) is 0 Å². The van der Waals surface area contributed by atoms with Crippen molar-refractivity contribution in [3.05, 3.63) is 0 Å². The van der Waals surface area contributed by atoms with Crippen LogP contribution in [0.2, 0.25) is 0 Å². The van der Waals surface area contributed by atoms with E-state index in [1.807, 2.05) is 4.90 Å². The molecule has 0 bridgehead atoms. The Morgan fingerprint density at radius 1 is 1.16 bits per heavy atom. The molecule has 2 aliphatic rings. The van der Waals surface area contributed by atoms with Crippen LogP contribution in [0.3, 0.4) is 0 Å². The first kappa shape index (κ1) is 14.3. The number of ether oxygens (including phenoxy) is 1. The lowest BCUT2D eigenvalue weighted by Gasteiger charge is -2.31. The number of nitrogens with zero attached hydrogens (tertiary/aromatic N) is 2. The minimum absolute atomic E-state index is 0.0245. The van der Waals surface area contributed by atoms with Gasteiger partial charge in [-0.25, -0.2) is 0 Å². The predicted molar refractivity (Wildman–Crippen MR) is 68.9 cm³/mol. The molecule has 2 rings (SSSR count). The molecule has 0 radical (unpaired) electrons. The summed E-state index contributed by atoms with van der Waals surface area (Å²) in [6.07, 6.45) is 4.27. The number of hydrogen-bond acceptors (Lipinski definition) is 4. The van der Waals surface area contributed by atoms with E-state index in [-0.39, 0.29) is 25.0 Å². The van der Waals surface area contributed by atoms with Crippen LogP contribution in [-0.2, 0) is 14.3 Å². The Morgan fingerprint density at radius 3 is 2.37 bits per heavy atom. The summed E-state index contributed by atoms with van der Waals surface area (Å²) in [7, 11) is 0. The van der Waals surface area contributed by atoms with Gasteiger partial charge >= 0.3 is 5.97 Å². The number of carboxylic acid groups (broad SMARTS) is 1. The smallest absolute Gasteiger partial charge is 0.317 e. The average Bonchev–Trinajstić information content (AvgIpc) is 2.92. The highest BCUT2D eigenvalue weighted by molar-refractivity contribution is 5.79. The second-order valence-electron chi connectivity index (χ2n) is 5.23. The molecule has 1 saturated carbocycles. The van der Waals surface area contributed by atoms with E-state index in [1.165, 1.54) is 0 Å². The Morgan fingerprint density at radius 2 is 1.79 bits per heavy atom. The van der Waals surface area contributed by atoms with Crippen LogP contribution in [0.4, 0.5) is 0 Å². The summed E-state index contributed by atoms with van der Waals surface area (Å²) in [5.74, 6) is -0.835. The number of aliphatic carboxylic acids is 1. The summed E-state index contributed by atoms with van der Waals surface area (Å²) in [5, 5.41) is 8.98. The summed E-state index contributed by atoms with van der Waals surface area (Å²) in [6, 6.07) is 0.251. The van der Waals surface area contributed by atoms with Gasteiger partial charge in [-0.3, -0.25) is 14.5 Å². The molecular formula is C13H22N2O4. The maximum Gasteiger partial charge on any atom is 0.317 e. The molecule has 1 N–H and O–H groups in total. The quantitative estimate of drug-likeness (QED) is 0.771. The molecule has 0 aromatic rings. The Hall–Kier alpha value is -1.14. The third kappa shape index (κ3) is 4.18. The molecule has 1 aliphatic carbocycles. The molecule has 108 valence electrons. The van der Waals surface area contributed by atoms with Crippen molar-refractivity contribution >= 4 is 11.9 Å². The van der Waals surface area contributed by atoms with E-state index < -0.39 is 5.97 Å². The van der Waals surface area contributed by atoms with E-state index in [4.69, 9.17) is 9.84 Å². The lowest BCUT2D eigenvalue weighted by atomic mass is 10.2. The first-order valence-corrected chi connectivity index (χ1v) is 6.98. The van der Waals surface area contributed by atoms with Crippen LogP contribution >= 0.6 is 0 Å². The average molecular weight is 270 g/mol. The lowest BCUT2D eigenvalue weighted by molar-refractivity contribution is -0.142. The van der Waals surface area contributed by atoms with Gasteiger partial charge in [0.15, 0.2) is 0 Å². The van der Waals surface area contributed by atoms with E-state index in [9.17, 15) is 9.59 Å². The maximum absolute atomic E-state index is 12.2. The van der Waals surface area contributed by atoms with Crippen molar-refractivity contribution < 1.29 is 19.4 Å². The Kier molecular flexibility index (Phi) is 5.15. The highest BCUT2D eigenvalue weighted by Gasteiger charge is 2.28.